The smallest absolute Gasteiger partial charge is 0.0931 e. The topological polar surface area (TPSA) is 12.0 Å². The number of rotatable bonds is 6. The zero-order valence-corrected chi connectivity index (χ0v) is 13.0. The van der Waals surface area contributed by atoms with Gasteiger partial charge >= 0.3 is 0 Å². The molecule has 1 atom stereocenters. The SMILES string of the molecule is CC(C)CCNC(c1cccs1)c1ccc(Cl)s1. The zero-order valence-electron chi connectivity index (χ0n) is 10.7. The van der Waals surface area contributed by atoms with Crippen molar-refractivity contribution in [2.45, 2.75) is 26.3 Å². The van der Waals surface area contributed by atoms with E-state index in [1.165, 1.54) is 16.2 Å². The fourth-order valence-corrected chi connectivity index (χ4v) is 3.84. The van der Waals surface area contributed by atoms with E-state index in [-0.39, 0.29) is 0 Å². The Hall–Kier alpha value is -0.350. The average Bonchev–Trinajstić information content (AvgIpc) is 2.95. The Morgan fingerprint density at radius 3 is 2.61 bits per heavy atom. The van der Waals surface area contributed by atoms with E-state index in [0.29, 0.717) is 6.04 Å². The van der Waals surface area contributed by atoms with E-state index in [4.69, 9.17) is 11.6 Å². The van der Waals surface area contributed by atoms with Gasteiger partial charge in [0, 0.05) is 9.75 Å². The molecular weight excluding hydrogens is 282 g/mol. The minimum absolute atomic E-state index is 0.293. The van der Waals surface area contributed by atoms with Gasteiger partial charge in [-0.15, -0.1) is 22.7 Å². The predicted octanol–water partition coefficient (Wildman–Crippen LogP) is 5.19. The van der Waals surface area contributed by atoms with E-state index in [1.807, 2.05) is 6.07 Å². The van der Waals surface area contributed by atoms with Crippen LogP contribution in [0.25, 0.3) is 0 Å². The number of nitrogens with one attached hydrogen (secondary N) is 1. The summed E-state index contributed by atoms with van der Waals surface area (Å²) < 4.78 is 0.859. The number of hydrogen-bond donors (Lipinski definition) is 1. The van der Waals surface area contributed by atoms with E-state index in [1.54, 1.807) is 22.7 Å². The summed E-state index contributed by atoms with van der Waals surface area (Å²) in [6, 6.07) is 8.69. The van der Waals surface area contributed by atoms with Crippen LogP contribution in [0.2, 0.25) is 4.34 Å². The van der Waals surface area contributed by atoms with Gasteiger partial charge in [-0.2, -0.15) is 0 Å². The molecule has 0 saturated carbocycles. The van der Waals surface area contributed by atoms with E-state index in [9.17, 15) is 0 Å². The predicted molar refractivity (Wildman–Crippen MR) is 82.9 cm³/mol. The van der Waals surface area contributed by atoms with Crippen LogP contribution in [-0.4, -0.2) is 6.54 Å². The van der Waals surface area contributed by atoms with Crippen molar-refractivity contribution < 1.29 is 0 Å². The van der Waals surface area contributed by atoms with Crippen LogP contribution in [0.1, 0.15) is 36.1 Å². The standard InChI is InChI=1S/C14H18ClNS2/c1-10(2)7-8-16-14(11-4-3-9-17-11)12-5-6-13(15)18-12/h3-6,9-10,14,16H,7-8H2,1-2H3. The Balaban J connectivity index is 2.09. The van der Waals surface area contributed by atoms with Gasteiger partial charge in [0.1, 0.15) is 0 Å². The van der Waals surface area contributed by atoms with Gasteiger partial charge in [0.05, 0.1) is 10.4 Å². The Labute approximate surface area is 122 Å². The molecular formula is C14H18ClNS2. The highest BCUT2D eigenvalue weighted by Crippen LogP contribution is 2.33. The third-order valence-electron chi connectivity index (χ3n) is 2.78. The molecule has 2 heterocycles. The first-order valence-electron chi connectivity index (χ1n) is 6.19. The van der Waals surface area contributed by atoms with Crippen LogP contribution in [0.5, 0.6) is 0 Å². The van der Waals surface area contributed by atoms with E-state index in [2.05, 4.69) is 42.7 Å². The molecule has 0 aromatic carbocycles. The first kappa shape index (κ1) is 14.1. The summed E-state index contributed by atoms with van der Waals surface area (Å²) >= 11 is 9.50. The third-order valence-corrected chi connectivity index (χ3v) is 5.01. The minimum Gasteiger partial charge on any atom is -0.305 e. The summed E-state index contributed by atoms with van der Waals surface area (Å²) in [7, 11) is 0. The fourth-order valence-electron chi connectivity index (χ4n) is 1.80. The van der Waals surface area contributed by atoms with E-state index >= 15 is 0 Å². The lowest BCUT2D eigenvalue weighted by Crippen LogP contribution is -2.22. The summed E-state index contributed by atoms with van der Waals surface area (Å²) in [4.78, 5) is 2.66. The van der Waals surface area contributed by atoms with Crippen LogP contribution in [0.3, 0.4) is 0 Å². The first-order valence-corrected chi connectivity index (χ1v) is 8.26. The highest BCUT2D eigenvalue weighted by atomic mass is 35.5. The molecule has 0 radical (unpaired) electrons. The Morgan fingerprint density at radius 2 is 2.06 bits per heavy atom. The quantitative estimate of drug-likeness (QED) is 0.774. The van der Waals surface area contributed by atoms with E-state index < -0.39 is 0 Å². The zero-order chi connectivity index (χ0) is 13.0. The van der Waals surface area contributed by atoms with Crippen molar-refractivity contribution in [1.29, 1.82) is 0 Å². The van der Waals surface area contributed by atoms with Crippen molar-refractivity contribution in [1.82, 2.24) is 5.32 Å². The molecule has 98 valence electrons. The van der Waals surface area contributed by atoms with Gasteiger partial charge in [0.25, 0.3) is 0 Å². The van der Waals surface area contributed by atoms with Gasteiger partial charge in [-0.3, -0.25) is 0 Å². The van der Waals surface area contributed by atoms with Gasteiger partial charge in [0.2, 0.25) is 0 Å². The molecule has 1 N–H and O–H groups in total. The maximum Gasteiger partial charge on any atom is 0.0931 e. The molecule has 4 heteroatoms. The maximum absolute atomic E-state index is 6.04. The summed E-state index contributed by atoms with van der Waals surface area (Å²) in [6.07, 6.45) is 1.20. The Bertz CT molecular complexity index is 462. The monoisotopic (exact) mass is 299 g/mol. The van der Waals surface area contributed by atoms with Gasteiger partial charge in [-0.25, -0.2) is 0 Å². The van der Waals surface area contributed by atoms with Crippen LogP contribution in [0.4, 0.5) is 0 Å². The molecule has 2 rings (SSSR count). The summed E-state index contributed by atoms with van der Waals surface area (Å²) in [5.41, 5.74) is 0. The second-order valence-electron chi connectivity index (χ2n) is 4.73. The Morgan fingerprint density at radius 1 is 1.22 bits per heavy atom. The normalized spacial score (nSPS) is 13.1. The van der Waals surface area contributed by atoms with Crippen molar-refractivity contribution in [3.8, 4) is 0 Å². The van der Waals surface area contributed by atoms with Crippen LogP contribution >= 0.6 is 34.3 Å². The molecule has 0 amide bonds. The van der Waals surface area contributed by atoms with Crippen molar-refractivity contribution in [2.24, 2.45) is 5.92 Å². The summed E-state index contributed by atoms with van der Waals surface area (Å²) in [6.45, 7) is 5.55. The van der Waals surface area contributed by atoms with Crippen molar-refractivity contribution in [3.05, 3.63) is 43.7 Å². The molecule has 0 aliphatic carbocycles. The number of thiophene rings is 2. The van der Waals surface area contributed by atoms with Gasteiger partial charge in [-0.05, 0) is 42.5 Å². The van der Waals surface area contributed by atoms with Gasteiger partial charge in [0.15, 0.2) is 0 Å². The van der Waals surface area contributed by atoms with Gasteiger partial charge < -0.3 is 5.32 Å². The second-order valence-corrected chi connectivity index (χ2v) is 7.45. The van der Waals surface area contributed by atoms with Crippen LogP contribution in [0, 0.1) is 5.92 Å². The molecule has 0 aliphatic rings. The van der Waals surface area contributed by atoms with Crippen LogP contribution < -0.4 is 5.32 Å². The third kappa shape index (κ3) is 3.82. The summed E-state index contributed by atoms with van der Waals surface area (Å²) in [5.74, 6) is 0.730. The van der Waals surface area contributed by atoms with Crippen LogP contribution in [-0.2, 0) is 0 Å². The van der Waals surface area contributed by atoms with Crippen molar-refractivity contribution >= 4 is 34.3 Å². The molecule has 2 aromatic heterocycles. The molecule has 1 nitrogen and oxygen atoms in total. The Kier molecular flexibility index (Phi) is 5.25. The molecule has 0 bridgehead atoms. The first-order chi connectivity index (χ1) is 8.66. The lowest BCUT2D eigenvalue weighted by atomic mass is 10.1. The second kappa shape index (κ2) is 6.71. The van der Waals surface area contributed by atoms with Crippen LogP contribution in [0.15, 0.2) is 29.6 Å². The average molecular weight is 300 g/mol. The van der Waals surface area contributed by atoms with E-state index in [0.717, 1.165) is 16.8 Å². The van der Waals surface area contributed by atoms with Crippen molar-refractivity contribution in [2.75, 3.05) is 6.54 Å². The minimum atomic E-state index is 0.293. The molecule has 0 saturated heterocycles. The number of halogens is 1. The highest BCUT2D eigenvalue weighted by Gasteiger charge is 2.16. The lowest BCUT2D eigenvalue weighted by Gasteiger charge is -2.17. The van der Waals surface area contributed by atoms with Crippen molar-refractivity contribution in [3.63, 3.8) is 0 Å². The summed E-state index contributed by atoms with van der Waals surface area (Å²) in [5, 5.41) is 5.77. The molecule has 1 unspecified atom stereocenters. The molecule has 0 aliphatic heterocycles. The molecule has 18 heavy (non-hydrogen) atoms. The molecule has 0 fully saturated rings. The largest absolute Gasteiger partial charge is 0.305 e. The highest BCUT2D eigenvalue weighted by molar-refractivity contribution is 7.16. The maximum atomic E-state index is 6.04. The number of hydrogen-bond acceptors (Lipinski definition) is 3. The van der Waals surface area contributed by atoms with Gasteiger partial charge in [-0.1, -0.05) is 31.5 Å². The lowest BCUT2D eigenvalue weighted by molar-refractivity contribution is 0.515. The fraction of sp³-hybridized carbons (Fsp3) is 0.429. The molecule has 0 spiro atoms. The molecule has 2 aromatic rings.